The fourth-order valence-corrected chi connectivity index (χ4v) is 3.59. The number of aryl methyl sites for hydroxylation is 1. The molecule has 2 rings (SSSR count). The van der Waals surface area contributed by atoms with Gasteiger partial charge in [0, 0.05) is 21.7 Å². The molecule has 3 unspecified atom stereocenters. The third-order valence-corrected chi connectivity index (χ3v) is 4.91. The Morgan fingerprint density at radius 1 is 1.47 bits per heavy atom. The molecule has 17 heavy (non-hydrogen) atoms. The van der Waals surface area contributed by atoms with E-state index in [1.54, 1.807) is 0 Å². The summed E-state index contributed by atoms with van der Waals surface area (Å²) in [5.41, 5.74) is 0. The van der Waals surface area contributed by atoms with E-state index in [0.29, 0.717) is 18.1 Å². The lowest BCUT2D eigenvalue weighted by Crippen LogP contribution is -2.35. The van der Waals surface area contributed by atoms with Crippen LogP contribution in [0.25, 0.3) is 0 Å². The van der Waals surface area contributed by atoms with Crippen molar-refractivity contribution in [2.45, 2.75) is 45.3 Å². The zero-order chi connectivity index (χ0) is 12.3. The van der Waals surface area contributed by atoms with E-state index in [2.05, 4.69) is 38.3 Å². The topological polar surface area (TPSA) is 21.3 Å². The molecule has 0 saturated carbocycles. The normalized spacial score (nSPS) is 26.3. The van der Waals surface area contributed by atoms with E-state index in [1.165, 1.54) is 16.2 Å². The Balaban J connectivity index is 1.95. The Morgan fingerprint density at radius 2 is 2.24 bits per heavy atom. The minimum atomic E-state index is 0.436. The van der Waals surface area contributed by atoms with Crippen LogP contribution in [0.3, 0.4) is 0 Å². The highest BCUT2D eigenvalue weighted by atomic mass is 32.1. The van der Waals surface area contributed by atoms with E-state index in [4.69, 9.17) is 4.74 Å². The number of hydrogen-bond acceptors (Lipinski definition) is 3. The summed E-state index contributed by atoms with van der Waals surface area (Å²) in [5.74, 6) is 0.669. The van der Waals surface area contributed by atoms with Crippen molar-refractivity contribution in [1.82, 2.24) is 5.32 Å². The Morgan fingerprint density at radius 3 is 2.76 bits per heavy atom. The second-order valence-corrected chi connectivity index (χ2v) is 6.21. The van der Waals surface area contributed by atoms with E-state index in [0.717, 1.165) is 19.4 Å². The molecule has 96 valence electrons. The summed E-state index contributed by atoms with van der Waals surface area (Å²) >= 11 is 1.96. The molecular formula is C14H23NOS. The van der Waals surface area contributed by atoms with Gasteiger partial charge < -0.3 is 10.1 Å². The Hall–Kier alpha value is -0.380. The van der Waals surface area contributed by atoms with Crippen molar-refractivity contribution in [2.24, 2.45) is 5.92 Å². The van der Waals surface area contributed by atoms with Gasteiger partial charge in [0.15, 0.2) is 0 Å². The summed E-state index contributed by atoms with van der Waals surface area (Å²) in [6, 6.07) is 5.11. The molecule has 0 bridgehead atoms. The monoisotopic (exact) mass is 253 g/mol. The van der Waals surface area contributed by atoms with Crippen molar-refractivity contribution in [3.63, 3.8) is 0 Å². The van der Waals surface area contributed by atoms with Gasteiger partial charge in [-0.15, -0.1) is 11.3 Å². The van der Waals surface area contributed by atoms with E-state index in [-0.39, 0.29) is 0 Å². The predicted molar refractivity (Wildman–Crippen MR) is 73.8 cm³/mol. The summed E-state index contributed by atoms with van der Waals surface area (Å²) in [5, 5.41) is 3.47. The minimum absolute atomic E-state index is 0.436. The van der Waals surface area contributed by atoms with Crippen LogP contribution in [0.4, 0.5) is 0 Å². The third-order valence-electron chi connectivity index (χ3n) is 3.66. The molecule has 2 heterocycles. The predicted octanol–water partition coefficient (Wildman–Crippen LogP) is 2.87. The van der Waals surface area contributed by atoms with Crippen LogP contribution in [-0.4, -0.2) is 25.8 Å². The van der Waals surface area contributed by atoms with Crippen LogP contribution in [0.5, 0.6) is 0 Å². The van der Waals surface area contributed by atoms with E-state index in [1.807, 2.05) is 11.3 Å². The fraction of sp³-hybridized carbons (Fsp3) is 0.714. The molecule has 1 aliphatic heterocycles. The molecule has 0 amide bonds. The highest BCUT2D eigenvalue weighted by Crippen LogP contribution is 2.26. The van der Waals surface area contributed by atoms with Crippen LogP contribution in [-0.2, 0) is 17.6 Å². The highest BCUT2D eigenvalue weighted by Gasteiger charge is 2.28. The molecule has 1 aromatic rings. The number of likely N-dealkylation sites (N-methyl/N-ethyl adjacent to an activating group) is 1. The number of nitrogens with one attached hydrogen (secondary N) is 1. The number of ether oxygens (including phenoxy) is 1. The fourth-order valence-electron chi connectivity index (χ4n) is 2.57. The van der Waals surface area contributed by atoms with Gasteiger partial charge in [-0.05, 0) is 45.4 Å². The molecular weight excluding hydrogens is 230 g/mol. The van der Waals surface area contributed by atoms with Gasteiger partial charge in [0.1, 0.15) is 0 Å². The first-order chi connectivity index (χ1) is 8.22. The van der Waals surface area contributed by atoms with Crippen LogP contribution < -0.4 is 5.32 Å². The van der Waals surface area contributed by atoms with Gasteiger partial charge in [-0.25, -0.2) is 0 Å². The molecule has 2 nitrogen and oxygen atoms in total. The quantitative estimate of drug-likeness (QED) is 0.871. The summed E-state index contributed by atoms with van der Waals surface area (Å²) in [6.07, 6.45) is 3.92. The van der Waals surface area contributed by atoms with E-state index >= 15 is 0 Å². The lowest BCUT2D eigenvalue weighted by molar-refractivity contribution is 0.117. The van der Waals surface area contributed by atoms with E-state index in [9.17, 15) is 0 Å². The zero-order valence-corrected chi connectivity index (χ0v) is 11.8. The molecule has 1 aliphatic rings. The molecule has 1 saturated heterocycles. The van der Waals surface area contributed by atoms with Gasteiger partial charge >= 0.3 is 0 Å². The maximum atomic E-state index is 5.68. The number of rotatable bonds is 5. The van der Waals surface area contributed by atoms with Crippen LogP contribution in [0.15, 0.2) is 12.1 Å². The average molecular weight is 253 g/mol. The third kappa shape index (κ3) is 3.30. The van der Waals surface area contributed by atoms with Crippen LogP contribution in [0, 0.1) is 5.92 Å². The molecule has 1 fully saturated rings. The maximum Gasteiger partial charge on any atom is 0.0551 e. The minimum Gasteiger partial charge on any atom is -0.378 e. The lowest BCUT2D eigenvalue weighted by Gasteiger charge is -2.21. The van der Waals surface area contributed by atoms with Crippen LogP contribution >= 0.6 is 11.3 Å². The van der Waals surface area contributed by atoms with Crippen molar-refractivity contribution < 1.29 is 4.74 Å². The van der Waals surface area contributed by atoms with Gasteiger partial charge in [-0.2, -0.15) is 0 Å². The lowest BCUT2D eigenvalue weighted by atomic mass is 9.94. The first kappa shape index (κ1) is 13.1. The first-order valence-corrected chi connectivity index (χ1v) is 7.41. The molecule has 0 radical (unpaired) electrons. The largest absolute Gasteiger partial charge is 0.378 e. The summed E-state index contributed by atoms with van der Waals surface area (Å²) in [7, 11) is 2.07. The Labute approximate surface area is 108 Å². The molecule has 0 spiro atoms. The van der Waals surface area contributed by atoms with Crippen molar-refractivity contribution in [3.8, 4) is 0 Å². The molecule has 1 N–H and O–H groups in total. The van der Waals surface area contributed by atoms with Crippen LogP contribution in [0.1, 0.15) is 30.0 Å². The van der Waals surface area contributed by atoms with Crippen molar-refractivity contribution in [1.29, 1.82) is 0 Å². The molecule has 1 aromatic heterocycles. The maximum absolute atomic E-state index is 5.68. The van der Waals surface area contributed by atoms with E-state index < -0.39 is 0 Å². The van der Waals surface area contributed by atoms with Crippen molar-refractivity contribution in [3.05, 3.63) is 21.9 Å². The van der Waals surface area contributed by atoms with Gasteiger partial charge in [0.2, 0.25) is 0 Å². The summed E-state index contributed by atoms with van der Waals surface area (Å²) in [4.78, 5) is 2.99. The van der Waals surface area contributed by atoms with Gasteiger partial charge in [-0.3, -0.25) is 0 Å². The standard InChI is InChI=1S/C14H23NOS/c1-4-12-5-6-13(17-12)8-14(15-3)11-7-10(2)16-9-11/h5-6,10-11,14-15H,4,7-9H2,1-3H3. The summed E-state index contributed by atoms with van der Waals surface area (Å²) < 4.78 is 5.68. The zero-order valence-electron chi connectivity index (χ0n) is 11.0. The van der Waals surface area contributed by atoms with Crippen molar-refractivity contribution >= 4 is 11.3 Å². The average Bonchev–Trinajstić information content (AvgIpc) is 2.94. The second kappa shape index (κ2) is 5.98. The number of thiophene rings is 1. The molecule has 3 atom stereocenters. The van der Waals surface area contributed by atoms with Gasteiger partial charge in [0.25, 0.3) is 0 Å². The molecule has 3 heteroatoms. The van der Waals surface area contributed by atoms with Crippen molar-refractivity contribution in [2.75, 3.05) is 13.7 Å². The number of hydrogen-bond donors (Lipinski definition) is 1. The Kier molecular flexibility index (Phi) is 4.60. The van der Waals surface area contributed by atoms with Crippen LogP contribution in [0.2, 0.25) is 0 Å². The SMILES string of the molecule is CCc1ccc(CC(NC)C2COC(C)C2)s1. The molecule has 0 aromatic carbocycles. The Bertz CT molecular complexity index is 350. The smallest absolute Gasteiger partial charge is 0.0551 e. The second-order valence-electron chi connectivity index (χ2n) is 4.96. The van der Waals surface area contributed by atoms with Gasteiger partial charge in [0.05, 0.1) is 12.7 Å². The first-order valence-electron chi connectivity index (χ1n) is 6.59. The highest BCUT2D eigenvalue weighted by molar-refractivity contribution is 7.11. The summed E-state index contributed by atoms with van der Waals surface area (Å²) in [6.45, 7) is 5.31. The molecule has 0 aliphatic carbocycles. The van der Waals surface area contributed by atoms with Gasteiger partial charge in [-0.1, -0.05) is 6.92 Å².